The summed E-state index contributed by atoms with van der Waals surface area (Å²) in [5.41, 5.74) is 6.02. The lowest BCUT2D eigenvalue weighted by Gasteiger charge is -2.42. The number of ether oxygens (including phenoxy) is 1. The standard InChI is InChI=1S/C29H27N3O/c1-2-6-22(7-3-1)21-31-18-14-25(15-19-31)32-26-8-4-5-9-28(26)33-29-20-24(10-11-27(29)32)23-12-16-30-17-13-23/h1-13,16-17,20,25H,14-15,18-19,21H2. The first-order valence-electron chi connectivity index (χ1n) is 11.7. The quantitative estimate of drug-likeness (QED) is 0.360. The number of fused-ring (bicyclic) bond motifs is 2. The molecule has 1 aromatic heterocycles. The zero-order chi connectivity index (χ0) is 22.0. The van der Waals surface area contributed by atoms with Crippen LogP contribution in [0, 0.1) is 0 Å². The third kappa shape index (κ3) is 3.98. The maximum atomic E-state index is 6.39. The van der Waals surface area contributed by atoms with E-state index in [0.29, 0.717) is 6.04 Å². The second-order valence-electron chi connectivity index (χ2n) is 8.85. The van der Waals surface area contributed by atoms with Crippen molar-refractivity contribution in [1.82, 2.24) is 9.88 Å². The molecule has 0 aliphatic carbocycles. The van der Waals surface area contributed by atoms with Gasteiger partial charge in [-0.2, -0.15) is 0 Å². The predicted octanol–water partition coefficient (Wildman–Crippen LogP) is 6.66. The van der Waals surface area contributed by atoms with E-state index in [4.69, 9.17) is 4.74 Å². The van der Waals surface area contributed by atoms with E-state index in [9.17, 15) is 0 Å². The third-order valence-electron chi connectivity index (χ3n) is 6.75. The van der Waals surface area contributed by atoms with Gasteiger partial charge < -0.3 is 9.64 Å². The summed E-state index contributed by atoms with van der Waals surface area (Å²) in [4.78, 5) is 9.24. The van der Waals surface area contributed by atoms with E-state index in [0.717, 1.165) is 60.8 Å². The van der Waals surface area contributed by atoms with Crippen LogP contribution in [0.5, 0.6) is 11.5 Å². The molecule has 6 rings (SSSR count). The molecule has 2 aliphatic heterocycles. The smallest absolute Gasteiger partial charge is 0.151 e. The number of nitrogens with zero attached hydrogens (tertiary/aromatic N) is 3. The van der Waals surface area contributed by atoms with Gasteiger partial charge in [0.15, 0.2) is 11.5 Å². The Hall–Kier alpha value is -3.63. The topological polar surface area (TPSA) is 28.6 Å². The SMILES string of the molecule is c1ccc(CN2CCC(N3c4ccccc4Oc4cc(-c5ccncc5)ccc43)CC2)cc1. The van der Waals surface area contributed by atoms with Crippen molar-refractivity contribution in [1.29, 1.82) is 0 Å². The average Bonchev–Trinajstić information content (AvgIpc) is 2.89. The lowest BCUT2D eigenvalue weighted by atomic mass is 9.98. The van der Waals surface area contributed by atoms with Crippen LogP contribution in [0.25, 0.3) is 11.1 Å². The van der Waals surface area contributed by atoms with Crippen molar-refractivity contribution in [3.8, 4) is 22.6 Å². The largest absolute Gasteiger partial charge is 0.453 e. The summed E-state index contributed by atoms with van der Waals surface area (Å²) in [7, 11) is 0. The molecule has 1 fully saturated rings. The number of rotatable bonds is 4. The number of aromatic nitrogens is 1. The first-order chi connectivity index (χ1) is 16.3. The molecule has 0 N–H and O–H groups in total. The number of pyridine rings is 1. The second-order valence-corrected chi connectivity index (χ2v) is 8.85. The van der Waals surface area contributed by atoms with Crippen molar-refractivity contribution in [2.24, 2.45) is 0 Å². The van der Waals surface area contributed by atoms with Gasteiger partial charge in [-0.1, -0.05) is 48.5 Å². The fourth-order valence-electron chi connectivity index (χ4n) is 5.08. The molecule has 3 aromatic carbocycles. The van der Waals surface area contributed by atoms with Crippen LogP contribution in [-0.2, 0) is 6.54 Å². The van der Waals surface area contributed by atoms with Crippen LogP contribution in [0.3, 0.4) is 0 Å². The molecule has 3 heterocycles. The molecule has 33 heavy (non-hydrogen) atoms. The average molecular weight is 434 g/mol. The fraction of sp³-hybridized carbons (Fsp3) is 0.207. The van der Waals surface area contributed by atoms with Gasteiger partial charge in [0.05, 0.1) is 11.4 Å². The van der Waals surface area contributed by atoms with Crippen LogP contribution in [0.2, 0.25) is 0 Å². The van der Waals surface area contributed by atoms with Gasteiger partial charge in [0.1, 0.15) is 0 Å². The molecule has 0 radical (unpaired) electrons. The minimum absolute atomic E-state index is 0.451. The molecule has 0 bridgehead atoms. The Balaban J connectivity index is 1.28. The van der Waals surface area contributed by atoms with Gasteiger partial charge in [0, 0.05) is 38.1 Å². The molecule has 2 aliphatic rings. The maximum absolute atomic E-state index is 6.39. The first-order valence-corrected chi connectivity index (χ1v) is 11.7. The Morgan fingerprint density at radius 1 is 0.727 bits per heavy atom. The molecule has 4 heteroatoms. The van der Waals surface area contributed by atoms with Gasteiger partial charge in [-0.05, 0) is 65.9 Å². The summed E-state index contributed by atoms with van der Waals surface area (Å²) < 4.78 is 6.39. The summed E-state index contributed by atoms with van der Waals surface area (Å²) in [5, 5.41) is 0. The van der Waals surface area contributed by atoms with Crippen LogP contribution in [0.1, 0.15) is 18.4 Å². The fourth-order valence-corrected chi connectivity index (χ4v) is 5.08. The summed E-state index contributed by atoms with van der Waals surface area (Å²) in [6.07, 6.45) is 5.93. The molecule has 4 aromatic rings. The minimum Gasteiger partial charge on any atom is -0.453 e. The lowest BCUT2D eigenvalue weighted by molar-refractivity contribution is 0.204. The van der Waals surface area contributed by atoms with Crippen LogP contribution >= 0.6 is 0 Å². The van der Waals surface area contributed by atoms with Crippen molar-refractivity contribution in [2.75, 3.05) is 18.0 Å². The van der Waals surface area contributed by atoms with Crippen molar-refractivity contribution < 1.29 is 4.74 Å². The Morgan fingerprint density at radius 3 is 2.27 bits per heavy atom. The van der Waals surface area contributed by atoms with E-state index < -0.39 is 0 Å². The Bertz CT molecular complexity index is 1230. The molecule has 0 spiro atoms. The van der Waals surface area contributed by atoms with E-state index >= 15 is 0 Å². The number of benzene rings is 3. The molecule has 4 nitrogen and oxygen atoms in total. The maximum Gasteiger partial charge on any atom is 0.151 e. The second kappa shape index (κ2) is 8.72. The molecule has 0 atom stereocenters. The van der Waals surface area contributed by atoms with Gasteiger partial charge in [-0.3, -0.25) is 9.88 Å². The molecular formula is C29H27N3O. The summed E-state index contributed by atoms with van der Waals surface area (Å²) in [5.74, 6) is 1.86. The number of likely N-dealkylation sites (tertiary alicyclic amines) is 1. The van der Waals surface area contributed by atoms with E-state index in [1.54, 1.807) is 0 Å². The Labute approximate surface area is 195 Å². The molecule has 164 valence electrons. The summed E-state index contributed by atoms with van der Waals surface area (Å²) >= 11 is 0. The van der Waals surface area contributed by atoms with E-state index in [-0.39, 0.29) is 0 Å². The van der Waals surface area contributed by atoms with Crippen molar-refractivity contribution in [2.45, 2.75) is 25.4 Å². The summed E-state index contributed by atoms with van der Waals surface area (Å²) in [6.45, 7) is 3.23. The molecule has 1 saturated heterocycles. The lowest BCUT2D eigenvalue weighted by Crippen LogP contribution is -2.43. The molecule has 0 unspecified atom stereocenters. The molecule has 0 saturated carbocycles. The predicted molar refractivity (Wildman–Crippen MR) is 133 cm³/mol. The normalized spacial score (nSPS) is 16.1. The van der Waals surface area contributed by atoms with Gasteiger partial charge in [0.25, 0.3) is 0 Å². The van der Waals surface area contributed by atoms with Gasteiger partial charge in [-0.25, -0.2) is 0 Å². The Morgan fingerprint density at radius 2 is 1.45 bits per heavy atom. The zero-order valence-corrected chi connectivity index (χ0v) is 18.6. The van der Waals surface area contributed by atoms with Gasteiger partial charge in [0.2, 0.25) is 0 Å². The third-order valence-corrected chi connectivity index (χ3v) is 6.75. The highest BCUT2D eigenvalue weighted by molar-refractivity contribution is 5.81. The van der Waals surface area contributed by atoms with Crippen LogP contribution in [-0.4, -0.2) is 29.0 Å². The van der Waals surface area contributed by atoms with Crippen LogP contribution in [0.4, 0.5) is 11.4 Å². The number of para-hydroxylation sites is 2. The number of anilines is 2. The monoisotopic (exact) mass is 433 g/mol. The first kappa shape index (κ1) is 20.0. The minimum atomic E-state index is 0.451. The van der Waals surface area contributed by atoms with Crippen LogP contribution < -0.4 is 9.64 Å². The van der Waals surface area contributed by atoms with Crippen molar-refractivity contribution in [3.63, 3.8) is 0 Å². The zero-order valence-electron chi connectivity index (χ0n) is 18.6. The van der Waals surface area contributed by atoms with Crippen LogP contribution in [0.15, 0.2) is 97.3 Å². The number of piperidine rings is 1. The highest BCUT2D eigenvalue weighted by Crippen LogP contribution is 2.49. The molecule has 0 amide bonds. The summed E-state index contributed by atoms with van der Waals surface area (Å²) in [6, 6.07) is 30.3. The highest BCUT2D eigenvalue weighted by Gasteiger charge is 2.32. The van der Waals surface area contributed by atoms with E-state index in [1.165, 1.54) is 11.3 Å². The van der Waals surface area contributed by atoms with Gasteiger partial charge in [-0.15, -0.1) is 0 Å². The van der Waals surface area contributed by atoms with E-state index in [1.807, 2.05) is 24.5 Å². The Kier molecular flexibility index (Phi) is 5.29. The van der Waals surface area contributed by atoms with Gasteiger partial charge >= 0.3 is 0 Å². The number of hydrogen-bond donors (Lipinski definition) is 0. The van der Waals surface area contributed by atoms with Crippen molar-refractivity contribution in [3.05, 3.63) is 103 Å². The highest BCUT2D eigenvalue weighted by atomic mass is 16.5. The number of hydrogen-bond acceptors (Lipinski definition) is 4. The van der Waals surface area contributed by atoms with Crippen molar-refractivity contribution >= 4 is 11.4 Å². The molecular weight excluding hydrogens is 406 g/mol. The van der Waals surface area contributed by atoms with E-state index in [2.05, 4.69) is 87.6 Å².